The van der Waals surface area contributed by atoms with E-state index in [1.54, 1.807) is 0 Å². The second-order valence-electron chi connectivity index (χ2n) is 3.40. The molecule has 0 bridgehead atoms. The number of halogens is 1. The average Bonchev–Trinajstić information content (AvgIpc) is 2.30. The van der Waals surface area contributed by atoms with E-state index in [4.69, 9.17) is 9.47 Å². The summed E-state index contributed by atoms with van der Waals surface area (Å²) in [4.78, 5) is 0. The van der Waals surface area contributed by atoms with Crippen molar-refractivity contribution >= 4 is 21.6 Å². The summed E-state index contributed by atoms with van der Waals surface area (Å²) in [5.41, 5.74) is 0.984. The van der Waals surface area contributed by atoms with Crippen LogP contribution in [-0.4, -0.2) is 19.8 Å². The number of hydrogen-bond acceptors (Lipinski definition) is 3. The summed E-state index contributed by atoms with van der Waals surface area (Å²) in [6, 6.07) is 5.81. The van der Waals surface area contributed by atoms with Crippen LogP contribution in [0.3, 0.4) is 0 Å². The molecule has 0 saturated carbocycles. The molecule has 0 aliphatic carbocycles. The van der Waals surface area contributed by atoms with Crippen LogP contribution in [-0.2, 0) is 0 Å². The van der Waals surface area contributed by atoms with Gasteiger partial charge in [0.2, 0.25) is 0 Å². The Kier molecular flexibility index (Phi) is 5.91. The highest BCUT2D eigenvalue weighted by atomic mass is 79.9. The molecule has 0 spiro atoms. The van der Waals surface area contributed by atoms with Gasteiger partial charge in [0.1, 0.15) is 0 Å². The molecule has 17 heavy (non-hydrogen) atoms. The number of anilines is 1. The molecule has 0 atom stereocenters. The van der Waals surface area contributed by atoms with Crippen molar-refractivity contribution in [2.24, 2.45) is 0 Å². The molecule has 0 aliphatic rings. The Hall–Kier alpha value is -1.16. The number of hydrogen-bond donors (Lipinski definition) is 1. The lowest BCUT2D eigenvalue weighted by Crippen LogP contribution is -2.03. The molecule has 0 saturated heterocycles. The highest BCUT2D eigenvalue weighted by molar-refractivity contribution is 9.11. The van der Waals surface area contributed by atoms with Crippen molar-refractivity contribution in [2.45, 2.75) is 13.8 Å². The van der Waals surface area contributed by atoms with Gasteiger partial charge in [-0.05, 0) is 26.0 Å². The summed E-state index contributed by atoms with van der Waals surface area (Å²) < 4.78 is 11.9. The fraction of sp³-hybridized carbons (Fsp3) is 0.385. The number of rotatable bonds is 7. The summed E-state index contributed by atoms with van der Waals surface area (Å²) in [5, 5.41) is 3.23. The van der Waals surface area contributed by atoms with Gasteiger partial charge in [-0.25, -0.2) is 0 Å². The summed E-state index contributed by atoms with van der Waals surface area (Å²) in [7, 11) is 0. The van der Waals surface area contributed by atoms with Gasteiger partial charge in [0.05, 0.1) is 13.2 Å². The average molecular weight is 300 g/mol. The van der Waals surface area contributed by atoms with Crippen LogP contribution in [0.5, 0.6) is 11.5 Å². The molecular weight excluding hydrogens is 282 g/mol. The molecule has 94 valence electrons. The van der Waals surface area contributed by atoms with E-state index in [2.05, 4.69) is 27.8 Å². The van der Waals surface area contributed by atoms with E-state index in [9.17, 15) is 0 Å². The summed E-state index contributed by atoms with van der Waals surface area (Å²) in [5.74, 6) is 1.54. The van der Waals surface area contributed by atoms with Crippen LogP contribution in [0.1, 0.15) is 13.8 Å². The first kappa shape index (κ1) is 13.9. The van der Waals surface area contributed by atoms with Crippen molar-refractivity contribution in [3.63, 3.8) is 0 Å². The zero-order valence-corrected chi connectivity index (χ0v) is 11.8. The minimum Gasteiger partial charge on any atom is -0.490 e. The van der Waals surface area contributed by atoms with E-state index >= 15 is 0 Å². The van der Waals surface area contributed by atoms with Crippen molar-refractivity contribution < 1.29 is 9.47 Å². The molecule has 0 radical (unpaired) electrons. The van der Waals surface area contributed by atoms with Gasteiger partial charge in [-0.15, -0.1) is 0 Å². The van der Waals surface area contributed by atoms with E-state index in [1.807, 2.05) is 32.0 Å². The van der Waals surface area contributed by atoms with Crippen molar-refractivity contribution in [3.05, 3.63) is 29.3 Å². The third kappa shape index (κ3) is 4.69. The number of nitrogens with one attached hydrogen (secondary N) is 1. The van der Waals surface area contributed by atoms with E-state index < -0.39 is 0 Å². The molecule has 0 unspecified atom stereocenters. The van der Waals surface area contributed by atoms with Gasteiger partial charge in [-0.3, -0.25) is 0 Å². The fourth-order valence-corrected chi connectivity index (χ4v) is 1.50. The first-order valence-electron chi connectivity index (χ1n) is 5.64. The summed E-state index contributed by atoms with van der Waals surface area (Å²) in [6.07, 6.45) is 0. The van der Waals surface area contributed by atoms with Crippen molar-refractivity contribution in [3.8, 4) is 11.5 Å². The lowest BCUT2D eigenvalue weighted by atomic mass is 10.2. The highest BCUT2D eigenvalue weighted by Gasteiger charge is 2.05. The van der Waals surface area contributed by atoms with Crippen molar-refractivity contribution in [1.29, 1.82) is 0 Å². The molecule has 0 fully saturated rings. The zero-order valence-electron chi connectivity index (χ0n) is 10.3. The lowest BCUT2D eigenvalue weighted by Gasteiger charge is -2.13. The van der Waals surface area contributed by atoms with E-state index in [1.165, 1.54) is 0 Å². The maximum absolute atomic E-state index is 5.54. The van der Waals surface area contributed by atoms with Crippen LogP contribution in [0.4, 0.5) is 5.69 Å². The molecule has 0 aliphatic heterocycles. The van der Waals surface area contributed by atoms with E-state index in [0.29, 0.717) is 19.8 Å². The Morgan fingerprint density at radius 1 is 1.24 bits per heavy atom. The van der Waals surface area contributed by atoms with Gasteiger partial charge in [0.15, 0.2) is 11.5 Å². The first-order chi connectivity index (χ1) is 8.17. The Balaban J connectivity index is 2.80. The van der Waals surface area contributed by atoms with Crippen LogP contribution in [0.2, 0.25) is 0 Å². The van der Waals surface area contributed by atoms with E-state index in [0.717, 1.165) is 21.7 Å². The van der Waals surface area contributed by atoms with E-state index in [-0.39, 0.29) is 0 Å². The number of benzene rings is 1. The molecule has 1 aromatic carbocycles. The lowest BCUT2D eigenvalue weighted by molar-refractivity contribution is 0.288. The smallest absolute Gasteiger partial charge is 0.163 e. The Labute approximate surface area is 111 Å². The molecular formula is C13H18BrNO2. The van der Waals surface area contributed by atoms with Gasteiger partial charge in [0.25, 0.3) is 0 Å². The third-order valence-corrected chi connectivity index (χ3v) is 2.31. The van der Waals surface area contributed by atoms with Crippen LogP contribution >= 0.6 is 15.9 Å². The van der Waals surface area contributed by atoms with Gasteiger partial charge in [-0.1, -0.05) is 22.5 Å². The summed E-state index contributed by atoms with van der Waals surface area (Å²) >= 11 is 3.31. The second-order valence-corrected chi connectivity index (χ2v) is 4.52. The quantitative estimate of drug-likeness (QED) is 0.830. The Morgan fingerprint density at radius 3 is 2.47 bits per heavy atom. The van der Waals surface area contributed by atoms with Crippen LogP contribution < -0.4 is 14.8 Å². The van der Waals surface area contributed by atoms with Gasteiger partial charge >= 0.3 is 0 Å². The molecule has 4 heteroatoms. The van der Waals surface area contributed by atoms with Gasteiger partial charge in [-0.2, -0.15) is 0 Å². The topological polar surface area (TPSA) is 30.5 Å². The largest absolute Gasteiger partial charge is 0.490 e. The Bertz CT molecular complexity index is 380. The molecule has 0 aromatic heterocycles. The maximum atomic E-state index is 5.54. The second kappa shape index (κ2) is 7.22. The van der Waals surface area contributed by atoms with Crippen molar-refractivity contribution in [1.82, 2.24) is 0 Å². The third-order valence-electron chi connectivity index (χ3n) is 2.03. The fourth-order valence-electron chi connectivity index (χ4n) is 1.36. The van der Waals surface area contributed by atoms with Crippen LogP contribution in [0.15, 0.2) is 29.3 Å². The zero-order chi connectivity index (χ0) is 12.7. The maximum Gasteiger partial charge on any atom is 0.163 e. The molecule has 0 amide bonds. The highest BCUT2D eigenvalue weighted by Crippen LogP contribution is 2.30. The minimum atomic E-state index is 0.620. The Morgan fingerprint density at radius 2 is 1.88 bits per heavy atom. The van der Waals surface area contributed by atoms with Gasteiger partial charge < -0.3 is 14.8 Å². The molecule has 1 aromatic rings. The minimum absolute atomic E-state index is 0.620. The number of ether oxygens (including phenoxy) is 2. The van der Waals surface area contributed by atoms with Crippen molar-refractivity contribution in [2.75, 3.05) is 25.1 Å². The predicted molar refractivity (Wildman–Crippen MR) is 75.3 cm³/mol. The molecule has 0 heterocycles. The SMILES string of the molecule is C=C(Br)CNc1ccc(OCC)c(OCC)c1. The molecule has 3 nitrogen and oxygen atoms in total. The predicted octanol–water partition coefficient (Wildman–Crippen LogP) is 3.80. The van der Waals surface area contributed by atoms with Crippen LogP contribution in [0, 0.1) is 0 Å². The van der Waals surface area contributed by atoms with Crippen LogP contribution in [0.25, 0.3) is 0 Å². The normalized spacial score (nSPS) is 9.82. The standard InChI is InChI=1S/C13H18BrNO2/c1-4-16-12-7-6-11(15-9-10(3)14)8-13(12)17-5-2/h6-8,15H,3-5,9H2,1-2H3. The van der Waals surface area contributed by atoms with Gasteiger partial charge in [0, 0.05) is 22.8 Å². The molecule has 1 N–H and O–H groups in total. The monoisotopic (exact) mass is 299 g/mol. The molecule has 1 rings (SSSR count). The summed E-state index contributed by atoms with van der Waals surface area (Å²) in [6.45, 7) is 9.61. The first-order valence-corrected chi connectivity index (χ1v) is 6.43.